The molecule has 0 aromatic heterocycles. The molecule has 0 saturated carbocycles. The first-order valence-electron chi connectivity index (χ1n) is 9.99. The third kappa shape index (κ3) is 5.80. The number of amides is 2. The maximum Gasteiger partial charge on any atom is 0.238 e. The Morgan fingerprint density at radius 1 is 1.22 bits per heavy atom. The number of fused-ring (bicyclic) bond motifs is 1. The Labute approximate surface area is 194 Å². The molecule has 166 valence electrons. The molecule has 2 aromatic rings. The number of anilines is 1. The summed E-state index contributed by atoms with van der Waals surface area (Å²) in [5, 5.41) is 14.1. The summed E-state index contributed by atoms with van der Waals surface area (Å²) in [6.07, 6.45) is 1.52. The largest absolute Gasteiger partial charge is 0.454 e. The van der Waals surface area contributed by atoms with Crippen molar-refractivity contribution in [3.05, 3.63) is 53.1 Å². The number of rotatable bonds is 6. The van der Waals surface area contributed by atoms with Gasteiger partial charge < -0.3 is 20.1 Å². The molecule has 2 amide bonds. The summed E-state index contributed by atoms with van der Waals surface area (Å²) < 4.78 is 10.7. The molecule has 2 aliphatic rings. The fraction of sp³-hybridized carbons (Fsp3) is 0.273. The highest BCUT2D eigenvalue weighted by Gasteiger charge is 2.30. The van der Waals surface area contributed by atoms with Crippen LogP contribution in [0, 0.1) is 0 Å². The molecule has 1 saturated heterocycles. The Hall–Kier alpha value is -3.04. The number of hydrogen-bond acceptors (Lipinski definition) is 7. The normalized spacial score (nSPS) is 19.1. The average molecular weight is 473 g/mol. The Morgan fingerprint density at radius 3 is 2.81 bits per heavy atom. The minimum absolute atomic E-state index is 0.0654. The summed E-state index contributed by atoms with van der Waals surface area (Å²) >= 11 is 7.04. The van der Waals surface area contributed by atoms with Gasteiger partial charge in [-0.05, 0) is 61.7 Å². The first kappa shape index (κ1) is 22.2. The van der Waals surface area contributed by atoms with Crippen molar-refractivity contribution in [2.24, 2.45) is 10.2 Å². The zero-order valence-electron chi connectivity index (χ0n) is 17.3. The summed E-state index contributed by atoms with van der Waals surface area (Å²) in [4.78, 5) is 24.6. The molecule has 4 rings (SSSR count). The summed E-state index contributed by atoms with van der Waals surface area (Å²) in [5.74, 6) is 0.960. The molecule has 2 N–H and O–H groups in total. The van der Waals surface area contributed by atoms with Crippen LogP contribution in [-0.2, 0) is 16.0 Å². The molecule has 0 bridgehead atoms. The van der Waals surface area contributed by atoms with E-state index >= 15 is 0 Å². The molecule has 1 atom stereocenters. The van der Waals surface area contributed by atoms with E-state index in [1.807, 2.05) is 25.1 Å². The van der Waals surface area contributed by atoms with Crippen LogP contribution in [0.1, 0.15) is 25.3 Å². The van der Waals surface area contributed by atoms with Gasteiger partial charge in [-0.25, -0.2) is 0 Å². The third-order valence-corrected chi connectivity index (χ3v) is 6.12. The summed E-state index contributed by atoms with van der Waals surface area (Å²) in [6.45, 7) is 2.12. The smallest absolute Gasteiger partial charge is 0.238 e. The van der Waals surface area contributed by atoms with Gasteiger partial charge in [-0.15, -0.1) is 5.10 Å². The van der Waals surface area contributed by atoms with E-state index in [9.17, 15) is 9.59 Å². The summed E-state index contributed by atoms with van der Waals surface area (Å²) in [6, 6.07) is 12.6. The number of amidine groups is 1. The molecule has 2 aliphatic heterocycles. The monoisotopic (exact) mass is 472 g/mol. The quantitative estimate of drug-likeness (QED) is 0.489. The Morgan fingerprint density at radius 2 is 2.00 bits per heavy atom. The van der Waals surface area contributed by atoms with Crippen LogP contribution in [0.4, 0.5) is 5.69 Å². The van der Waals surface area contributed by atoms with Gasteiger partial charge in [-0.1, -0.05) is 29.4 Å². The van der Waals surface area contributed by atoms with Crippen LogP contribution in [0.3, 0.4) is 0 Å². The number of hydrogen-bond donors (Lipinski definition) is 2. The molecule has 0 unspecified atom stereocenters. The van der Waals surface area contributed by atoms with Gasteiger partial charge in [0.25, 0.3) is 0 Å². The fourth-order valence-electron chi connectivity index (χ4n) is 3.10. The highest BCUT2D eigenvalue weighted by molar-refractivity contribution is 8.15. The molecule has 32 heavy (non-hydrogen) atoms. The predicted octanol–water partition coefficient (Wildman–Crippen LogP) is 3.99. The zero-order chi connectivity index (χ0) is 22.5. The molecule has 2 aromatic carbocycles. The number of aryl methyl sites for hydroxylation is 1. The molecule has 1 fully saturated rings. The van der Waals surface area contributed by atoms with Gasteiger partial charge >= 0.3 is 0 Å². The molecular weight excluding hydrogens is 452 g/mol. The minimum Gasteiger partial charge on any atom is -0.454 e. The zero-order valence-corrected chi connectivity index (χ0v) is 18.8. The van der Waals surface area contributed by atoms with Crippen LogP contribution >= 0.6 is 23.4 Å². The van der Waals surface area contributed by atoms with E-state index < -0.39 is 5.25 Å². The van der Waals surface area contributed by atoms with Gasteiger partial charge in [0, 0.05) is 22.8 Å². The first-order valence-corrected chi connectivity index (χ1v) is 11.2. The number of carbonyl (C=O) groups is 2. The molecule has 0 aliphatic carbocycles. The van der Waals surface area contributed by atoms with Gasteiger partial charge in [0.15, 0.2) is 16.7 Å². The summed E-state index contributed by atoms with van der Waals surface area (Å²) in [5.41, 5.74) is 2.52. The number of ether oxygens (including phenoxy) is 2. The van der Waals surface area contributed by atoms with E-state index in [1.54, 1.807) is 24.3 Å². The fourth-order valence-corrected chi connectivity index (χ4v) is 4.15. The number of benzene rings is 2. The number of thioether (sulfide) groups is 1. The van der Waals surface area contributed by atoms with Crippen molar-refractivity contribution in [3.63, 3.8) is 0 Å². The van der Waals surface area contributed by atoms with E-state index in [2.05, 4.69) is 20.8 Å². The molecule has 10 heteroatoms. The van der Waals surface area contributed by atoms with Crippen LogP contribution in [0.2, 0.25) is 5.02 Å². The molecular formula is C22H21ClN4O4S. The third-order valence-electron chi connectivity index (χ3n) is 4.80. The SMILES string of the molecule is C/C(CCc1ccc2c(c1)OCO2)=N/N=C1/NC(=O)C[C@H](C(=O)Nc2ccc(Cl)cc2)S1. The van der Waals surface area contributed by atoms with Crippen LogP contribution in [0.15, 0.2) is 52.7 Å². The van der Waals surface area contributed by atoms with Crippen molar-refractivity contribution in [2.75, 3.05) is 12.1 Å². The highest BCUT2D eigenvalue weighted by Crippen LogP contribution is 2.32. The Kier molecular flexibility index (Phi) is 6.96. The van der Waals surface area contributed by atoms with Gasteiger partial charge in [0.05, 0.1) is 0 Å². The molecule has 8 nitrogen and oxygen atoms in total. The molecule has 0 radical (unpaired) electrons. The standard InChI is InChI=1S/C22H21ClN4O4S/c1-13(2-3-14-4-9-17-18(10-14)31-12-30-17)26-27-22-25-20(28)11-19(32-22)21(29)24-16-7-5-15(23)6-8-16/h4-10,19H,2-3,11-12H2,1H3,(H,24,29)(H,25,27,28)/b26-13-/t19-/m1/s1. The number of halogens is 1. The van der Waals surface area contributed by atoms with Gasteiger partial charge in [-0.3, -0.25) is 9.59 Å². The van der Waals surface area contributed by atoms with E-state index in [-0.39, 0.29) is 25.0 Å². The number of nitrogens with zero attached hydrogens (tertiary/aromatic N) is 2. The molecule has 2 heterocycles. The van der Waals surface area contributed by atoms with Crippen LogP contribution in [0.25, 0.3) is 0 Å². The second kappa shape index (κ2) is 10.1. The van der Waals surface area contributed by atoms with Crippen molar-refractivity contribution in [3.8, 4) is 11.5 Å². The van der Waals surface area contributed by atoms with Gasteiger partial charge in [0.2, 0.25) is 18.6 Å². The second-order valence-corrected chi connectivity index (χ2v) is 8.91. The lowest BCUT2D eigenvalue weighted by Gasteiger charge is -2.21. The highest BCUT2D eigenvalue weighted by atomic mass is 35.5. The Balaban J connectivity index is 1.33. The van der Waals surface area contributed by atoms with E-state index in [4.69, 9.17) is 21.1 Å². The van der Waals surface area contributed by atoms with E-state index in [0.29, 0.717) is 22.3 Å². The first-order chi connectivity index (χ1) is 15.5. The lowest BCUT2D eigenvalue weighted by Crippen LogP contribution is -2.41. The van der Waals surface area contributed by atoms with Gasteiger partial charge in [-0.2, -0.15) is 5.10 Å². The topological polar surface area (TPSA) is 101 Å². The van der Waals surface area contributed by atoms with Crippen LogP contribution in [0.5, 0.6) is 11.5 Å². The van der Waals surface area contributed by atoms with E-state index in [0.717, 1.165) is 29.2 Å². The van der Waals surface area contributed by atoms with Crippen molar-refractivity contribution >= 4 is 51.7 Å². The molecule has 0 spiro atoms. The van der Waals surface area contributed by atoms with E-state index in [1.165, 1.54) is 11.8 Å². The maximum atomic E-state index is 12.6. The van der Waals surface area contributed by atoms with Crippen LogP contribution in [-0.4, -0.2) is 34.7 Å². The maximum absolute atomic E-state index is 12.6. The lowest BCUT2D eigenvalue weighted by atomic mass is 10.1. The van der Waals surface area contributed by atoms with Gasteiger partial charge in [0.1, 0.15) is 5.25 Å². The van der Waals surface area contributed by atoms with Crippen molar-refractivity contribution in [1.82, 2.24) is 5.32 Å². The Bertz CT molecular complexity index is 1090. The second-order valence-electron chi connectivity index (χ2n) is 7.28. The summed E-state index contributed by atoms with van der Waals surface area (Å²) in [7, 11) is 0. The van der Waals surface area contributed by atoms with Crippen molar-refractivity contribution < 1.29 is 19.1 Å². The average Bonchev–Trinajstić information content (AvgIpc) is 3.25. The predicted molar refractivity (Wildman–Crippen MR) is 126 cm³/mol. The number of carbonyl (C=O) groups excluding carboxylic acids is 2. The number of nitrogens with one attached hydrogen (secondary N) is 2. The van der Waals surface area contributed by atoms with Crippen molar-refractivity contribution in [2.45, 2.75) is 31.4 Å². The van der Waals surface area contributed by atoms with Crippen molar-refractivity contribution in [1.29, 1.82) is 0 Å². The van der Waals surface area contributed by atoms with Crippen LogP contribution < -0.4 is 20.1 Å². The lowest BCUT2D eigenvalue weighted by molar-refractivity contribution is -0.123. The minimum atomic E-state index is -0.595.